The van der Waals surface area contributed by atoms with E-state index in [1.807, 2.05) is 6.92 Å². The summed E-state index contributed by atoms with van der Waals surface area (Å²) in [5, 5.41) is 4.27. The van der Waals surface area contributed by atoms with Crippen LogP contribution in [0, 0.1) is 11.6 Å². The molecule has 4 rings (SSSR count). The van der Waals surface area contributed by atoms with Crippen LogP contribution in [-0.2, 0) is 11.3 Å². The molecule has 1 saturated heterocycles. The molecule has 1 spiro atoms. The Balaban J connectivity index is 1.75. The molecule has 11 heteroatoms. The molecule has 2 aliphatic rings. The molecule has 0 saturated carbocycles. The van der Waals surface area contributed by atoms with E-state index < -0.39 is 34.5 Å². The van der Waals surface area contributed by atoms with Crippen LogP contribution >= 0.6 is 0 Å². The summed E-state index contributed by atoms with van der Waals surface area (Å²) in [6.07, 6.45) is 3.29. The number of hydrogen-bond donors (Lipinski definition) is 1. The highest BCUT2D eigenvalue weighted by molar-refractivity contribution is 5.99. The van der Waals surface area contributed by atoms with Gasteiger partial charge in [-0.3, -0.25) is 24.1 Å². The Labute approximate surface area is 201 Å². The smallest absolute Gasteiger partial charge is 0.278 e. The van der Waals surface area contributed by atoms with Gasteiger partial charge in [-0.2, -0.15) is 0 Å². The summed E-state index contributed by atoms with van der Waals surface area (Å²) in [6, 6.07) is 3.02. The first-order chi connectivity index (χ1) is 16.7. The lowest BCUT2D eigenvalue weighted by Gasteiger charge is -2.50. The van der Waals surface area contributed by atoms with Gasteiger partial charge < -0.3 is 19.7 Å². The van der Waals surface area contributed by atoms with Crippen LogP contribution < -0.4 is 20.5 Å². The zero-order valence-electron chi connectivity index (χ0n) is 19.9. The number of likely N-dealkylation sites (N-methyl/N-ethyl adjacent to an activating group) is 2. The number of nitrogens with one attached hydrogen (secondary N) is 1. The quantitative estimate of drug-likeness (QED) is 0.597. The molecule has 1 aromatic carbocycles. The molecule has 9 nitrogen and oxygen atoms in total. The number of benzene rings is 1. The summed E-state index contributed by atoms with van der Waals surface area (Å²) in [5.74, 6) is -2.95. The number of amides is 2. The van der Waals surface area contributed by atoms with Crippen molar-refractivity contribution in [1.82, 2.24) is 14.9 Å². The van der Waals surface area contributed by atoms with Crippen molar-refractivity contribution >= 4 is 11.8 Å². The van der Waals surface area contributed by atoms with E-state index in [4.69, 9.17) is 9.47 Å². The molecule has 188 valence electrons. The van der Waals surface area contributed by atoms with E-state index in [1.54, 1.807) is 24.0 Å². The molecule has 0 radical (unpaired) electrons. The molecule has 35 heavy (non-hydrogen) atoms. The van der Waals surface area contributed by atoms with Crippen LogP contribution in [0.4, 0.5) is 8.78 Å². The Bertz CT molecular complexity index is 1210. The third-order valence-electron chi connectivity index (χ3n) is 6.63. The molecule has 0 bridgehead atoms. The molecule has 1 fully saturated rings. The molecular weight excluding hydrogens is 462 g/mol. The van der Waals surface area contributed by atoms with Gasteiger partial charge in [-0.15, -0.1) is 0 Å². The third-order valence-corrected chi connectivity index (χ3v) is 6.63. The van der Waals surface area contributed by atoms with Gasteiger partial charge in [0.05, 0.1) is 19.8 Å². The van der Waals surface area contributed by atoms with Crippen molar-refractivity contribution < 1.29 is 27.8 Å². The second kappa shape index (κ2) is 9.65. The normalized spacial score (nSPS) is 19.3. The van der Waals surface area contributed by atoms with Gasteiger partial charge in [-0.1, -0.05) is 19.4 Å². The van der Waals surface area contributed by atoms with Crippen molar-refractivity contribution in [1.29, 1.82) is 0 Å². The van der Waals surface area contributed by atoms with Crippen LogP contribution in [0.3, 0.4) is 0 Å². The van der Waals surface area contributed by atoms with Crippen molar-refractivity contribution in [3.8, 4) is 5.75 Å². The number of unbranched alkanes of at least 4 members (excludes halogenated alkanes) is 1. The number of carbonyl (C=O) groups excluding carboxylic acids is 2. The summed E-state index contributed by atoms with van der Waals surface area (Å²) in [6.45, 7) is 2.61. The average molecular weight is 491 g/mol. The fourth-order valence-electron chi connectivity index (χ4n) is 4.39. The summed E-state index contributed by atoms with van der Waals surface area (Å²) in [4.78, 5) is 41.3. The van der Waals surface area contributed by atoms with E-state index in [2.05, 4.69) is 5.32 Å². The summed E-state index contributed by atoms with van der Waals surface area (Å²) >= 11 is 0. The molecule has 1 unspecified atom stereocenters. The minimum absolute atomic E-state index is 0.0229. The third kappa shape index (κ3) is 4.24. The predicted molar refractivity (Wildman–Crippen MR) is 123 cm³/mol. The SMILES string of the molecule is CCCCOc1c2n(cc(C(=O)NCc3ccc(F)cc3F)c1=O)N(C)C1(CCOC1)N(C)C2=O. The van der Waals surface area contributed by atoms with E-state index in [-0.39, 0.29) is 42.3 Å². The number of fused-ring (bicyclic) bond motifs is 1. The van der Waals surface area contributed by atoms with Crippen molar-refractivity contribution in [3.05, 3.63) is 63.1 Å². The number of nitrogens with zero attached hydrogens (tertiary/aromatic N) is 3. The minimum atomic E-state index is -0.812. The van der Waals surface area contributed by atoms with E-state index >= 15 is 0 Å². The van der Waals surface area contributed by atoms with Crippen molar-refractivity contribution in [2.24, 2.45) is 0 Å². The monoisotopic (exact) mass is 490 g/mol. The van der Waals surface area contributed by atoms with Gasteiger partial charge in [-0.05, 0) is 12.5 Å². The van der Waals surface area contributed by atoms with Gasteiger partial charge in [0.1, 0.15) is 17.2 Å². The first kappa shape index (κ1) is 24.6. The fourth-order valence-corrected chi connectivity index (χ4v) is 4.39. The number of aromatic nitrogens is 1. The van der Waals surface area contributed by atoms with Crippen LogP contribution in [0.25, 0.3) is 0 Å². The first-order valence-corrected chi connectivity index (χ1v) is 11.5. The van der Waals surface area contributed by atoms with Gasteiger partial charge in [0.25, 0.3) is 11.8 Å². The first-order valence-electron chi connectivity index (χ1n) is 11.5. The number of pyridine rings is 1. The molecule has 2 aromatic rings. The van der Waals surface area contributed by atoms with E-state index in [1.165, 1.54) is 16.9 Å². The molecule has 2 amide bonds. The van der Waals surface area contributed by atoms with Crippen molar-refractivity contribution in [2.45, 2.75) is 38.4 Å². The number of rotatable bonds is 7. The summed E-state index contributed by atoms with van der Waals surface area (Å²) in [5.41, 5.74) is -1.70. The predicted octanol–water partition coefficient (Wildman–Crippen LogP) is 2.01. The second-order valence-corrected chi connectivity index (χ2v) is 8.69. The number of ether oxygens (including phenoxy) is 2. The standard InChI is InChI=1S/C24H28F2N4O5/c1-4-5-9-35-21-19-23(33)28(2)24(8-10-34-14-24)29(3)30(19)13-17(20(21)31)22(32)27-12-15-6-7-16(25)11-18(15)26/h6-7,11,13H,4-5,8-10,12,14H2,1-3H3,(H,27,32). The lowest BCUT2D eigenvalue weighted by molar-refractivity contribution is 0.0328. The van der Waals surface area contributed by atoms with Crippen LogP contribution in [0.5, 0.6) is 5.75 Å². The molecule has 1 aromatic heterocycles. The Morgan fingerprint density at radius 2 is 2.03 bits per heavy atom. The van der Waals surface area contributed by atoms with E-state index in [0.717, 1.165) is 18.6 Å². The van der Waals surface area contributed by atoms with Crippen LogP contribution in [0.15, 0.2) is 29.2 Å². The lowest BCUT2D eigenvalue weighted by atomic mass is 10.0. The number of hydrogen-bond acceptors (Lipinski definition) is 6. The summed E-state index contributed by atoms with van der Waals surface area (Å²) in [7, 11) is 3.40. The highest BCUT2D eigenvalue weighted by Crippen LogP contribution is 2.35. The van der Waals surface area contributed by atoms with Crippen LogP contribution in [0.1, 0.15) is 52.6 Å². The van der Waals surface area contributed by atoms with Crippen molar-refractivity contribution in [3.63, 3.8) is 0 Å². The maximum absolute atomic E-state index is 14.0. The molecule has 1 atom stereocenters. The number of carbonyl (C=O) groups is 2. The molecule has 3 heterocycles. The Morgan fingerprint density at radius 1 is 1.26 bits per heavy atom. The zero-order valence-corrected chi connectivity index (χ0v) is 19.9. The maximum Gasteiger partial charge on any atom is 0.278 e. The minimum Gasteiger partial charge on any atom is -0.487 e. The van der Waals surface area contributed by atoms with Crippen LogP contribution in [0.2, 0.25) is 0 Å². The van der Waals surface area contributed by atoms with Gasteiger partial charge in [0.2, 0.25) is 5.43 Å². The fraction of sp³-hybridized carbons (Fsp3) is 0.458. The van der Waals surface area contributed by atoms with Crippen molar-refractivity contribution in [2.75, 3.05) is 38.9 Å². The largest absolute Gasteiger partial charge is 0.487 e. The molecule has 2 aliphatic heterocycles. The topological polar surface area (TPSA) is 93.1 Å². The maximum atomic E-state index is 14.0. The number of halogens is 2. The van der Waals surface area contributed by atoms with E-state index in [9.17, 15) is 23.2 Å². The van der Waals surface area contributed by atoms with Gasteiger partial charge in [0.15, 0.2) is 17.1 Å². The second-order valence-electron chi connectivity index (χ2n) is 8.69. The highest BCUT2D eigenvalue weighted by atomic mass is 19.1. The van der Waals surface area contributed by atoms with E-state index in [0.29, 0.717) is 19.4 Å². The average Bonchev–Trinajstić information content (AvgIpc) is 3.33. The van der Waals surface area contributed by atoms with Gasteiger partial charge in [-0.25, -0.2) is 8.78 Å². The highest BCUT2D eigenvalue weighted by Gasteiger charge is 2.51. The van der Waals surface area contributed by atoms with Gasteiger partial charge >= 0.3 is 0 Å². The zero-order chi connectivity index (χ0) is 25.3. The Hall–Kier alpha value is -3.47. The summed E-state index contributed by atoms with van der Waals surface area (Å²) < 4.78 is 40.0. The lowest BCUT2D eigenvalue weighted by Crippen LogP contribution is -2.68. The van der Waals surface area contributed by atoms with Gasteiger partial charge in [0, 0.05) is 44.9 Å². The molecular formula is C24H28F2N4O5. The molecule has 1 N–H and O–H groups in total. The Kier molecular flexibility index (Phi) is 6.79. The Morgan fingerprint density at radius 3 is 2.69 bits per heavy atom. The molecule has 0 aliphatic carbocycles. The van der Waals surface area contributed by atoms with Crippen LogP contribution in [-0.4, -0.2) is 61.0 Å².